The molecule has 2 N–H and O–H groups in total. The Hall–Kier alpha value is -1.84. The number of fused-ring (bicyclic) bond motifs is 1. The lowest BCUT2D eigenvalue weighted by Gasteiger charge is -2.28. The van der Waals surface area contributed by atoms with Gasteiger partial charge >= 0.3 is 0 Å². The Morgan fingerprint density at radius 1 is 1.16 bits per heavy atom. The van der Waals surface area contributed by atoms with E-state index in [0.717, 1.165) is 25.8 Å². The average Bonchev–Trinajstić information content (AvgIpc) is 3.42. The van der Waals surface area contributed by atoms with Crippen LogP contribution in [0.5, 0.6) is 0 Å². The number of aryl methyl sites for hydroxylation is 1. The monoisotopic (exact) mass is 356 g/mol. The summed E-state index contributed by atoms with van der Waals surface area (Å²) >= 11 is 0. The van der Waals surface area contributed by atoms with Gasteiger partial charge < -0.3 is 10.6 Å². The quantitative estimate of drug-likeness (QED) is 0.881. The molecule has 2 aromatic rings. The Bertz CT molecular complexity index is 770. The van der Waals surface area contributed by atoms with Gasteiger partial charge in [-0.2, -0.15) is 0 Å². The number of rotatable bonds is 4. The van der Waals surface area contributed by atoms with Crippen molar-refractivity contribution in [2.75, 3.05) is 13.1 Å². The van der Waals surface area contributed by atoms with E-state index in [0.29, 0.717) is 6.54 Å². The number of benzene rings is 2. The largest absolute Gasteiger partial charge is 0.353 e. The summed E-state index contributed by atoms with van der Waals surface area (Å²) in [6.45, 7) is 3.73. The third kappa shape index (κ3) is 3.31. The van der Waals surface area contributed by atoms with Crippen molar-refractivity contribution in [2.24, 2.45) is 0 Å². The van der Waals surface area contributed by atoms with Crippen molar-refractivity contribution in [2.45, 2.75) is 37.6 Å². The van der Waals surface area contributed by atoms with Crippen LogP contribution in [-0.4, -0.2) is 19.0 Å². The number of carbonyl (C=O) groups excluding carboxylic acids is 1. The highest BCUT2D eigenvalue weighted by molar-refractivity contribution is 5.91. The van der Waals surface area contributed by atoms with Crippen LogP contribution in [0.4, 0.5) is 0 Å². The molecule has 3 nitrogen and oxygen atoms in total. The summed E-state index contributed by atoms with van der Waals surface area (Å²) < 4.78 is 0. The van der Waals surface area contributed by atoms with Crippen molar-refractivity contribution in [3.05, 3.63) is 70.8 Å². The number of hydrogen-bond acceptors (Lipinski definition) is 2. The highest BCUT2D eigenvalue weighted by atomic mass is 35.5. The zero-order valence-electron chi connectivity index (χ0n) is 14.5. The van der Waals surface area contributed by atoms with E-state index in [1.54, 1.807) is 0 Å². The summed E-state index contributed by atoms with van der Waals surface area (Å²) in [5, 5.41) is 6.76. The molecule has 0 radical (unpaired) electrons. The molecule has 4 heteroatoms. The van der Waals surface area contributed by atoms with Gasteiger partial charge in [-0.3, -0.25) is 4.79 Å². The lowest BCUT2D eigenvalue weighted by Crippen LogP contribution is -2.42. The van der Waals surface area contributed by atoms with E-state index in [2.05, 4.69) is 54.0 Å². The molecule has 0 aromatic heterocycles. The molecule has 1 saturated carbocycles. The highest BCUT2D eigenvalue weighted by Crippen LogP contribution is 2.49. The topological polar surface area (TPSA) is 41.1 Å². The van der Waals surface area contributed by atoms with Crippen LogP contribution >= 0.6 is 12.4 Å². The summed E-state index contributed by atoms with van der Waals surface area (Å²) in [5.74, 6) is 0.182. The molecule has 1 fully saturated rings. The fraction of sp³-hybridized carbons (Fsp3) is 0.381. The second-order valence-electron chi connectivity index (χ2n) is 7.06. The maximum Gasteiger partial charge on any atom is 0.230 e. The molecule has 0 spiro atoms. The van der Waals surface area contributed by atoms with E-state index in [1.807, 2.05) is 12.1 Å². The minimum absolute atomic E-state index is 0. The van der Waals surface area contributed by atoms with Crippen molar-refractivity contribution >= 4 is 18.3 Å². The first-order valence-corrected chi connectivity index (χ1v) is 8.86. The SMILES string of the molecule is Cc1ccccc1C1(C(=O)NCC2NCCc3ccccc32)CC1.Cl. The van der Waals surface area contributed by atoms with Gasteiger partial charge in [0.1, 0.15) is 0 Å². The van der Waals surface area contributed by atoms with Crippen molar-refractivity contribution in [3.8, 4) is 0 Å². The smallest absolute Gasteiger partial charge is 0.230 e. The second kappa shape index (κ2) is 7.19. The maximum absolute atomic E-state index is 12.9. The molecule has 2 aliphatic rings. The van der Waals surface area contributed by atoms with Crippen LogP contribution in [0.15, 0.2) is 48.5 Å². The second-order valence-corrected chi connectivity index (χ2v) is 7.06. The molecule has 1 aliphatic heterocycles. The summed E-state index contributed by atoms with van der Waals surface area (Å²) in [6.07, 6.45) is 2.98. The maximum atomic E-state index is 12.9. The van der Waals surface area contributed by atoms with Crippen LogP contribution in [0, 0.1) is 6.92 Å². The Morgan fingerprint density at radius 2 is 1.88 bits per heavy atom. The third-order valence-electron chi connectivity index (χ3n) is 5.53. The van der Waals surface area contributed by atoms with E-state index in [-0.39, 0.29) is 29.8 Å². The Balaban J connectivity index is 0.00000182. The van der Waals surface area contributed by atoms with Crippen LogP contribution in [0.2, 0.25) is 0 Å². The van der Waals surface area contributed by atoms with Gasteiger partial charge in [0, 0.05) is 12.6 Å². The standard InChI is InChI=1S/C21H24N2O.ClH/c1-15-6-2-5-9-18(15)21(11-12-21)20(24)23-14-19-17-8-4-3-7-16(17)10-13-22-19;/h2-9,19,22H,10-14H2,1H3,(H,23,24);1H. The Labute approximate surface area is 155 Å². The molecule has 4 rings (SSSR count). The van der Waals surface area contributed by atoms with E-state index in [4.69, 9.17) is 0 Å². The number of hydrogen-bond donors (Lipinski definition) is 2. The molecular weight excluding hydrogens is 332 g/mol. The van der Waals surface area contributed by atoms with Crippen molar-refractivity contribution in [1.82, 2.24) is 10.6 Å². The highest BCUT2D eigenvalue weighted by Gasteiger charge is 2.51. The number of nitrogens with one attached hydrogen (secondary N) is 2. The third-order valence-corrected chi connectivity index (χ3v) is 5.53. The van der Waals surface area contributed by atoms with Gasteiger partial charge in [-0.05, 0) is 55.0 Å². The number of halogens is 1. The number of amides is 1. The van der Waals surface area contributed by atoms with Crippen LogP contribution in [0.3, 0.4) is 0 Å². The summed E-state index contributed by atoms with van der Waals surface area (Å²) in [7, 11) is 0. The first-order valence-electron chi connectivity index (χ1n) is 8.86. The zero-order valence-corrected chi connectivity index (χ0v) is 15.4. The predicted octanol–water partition coefficient (Wildman–Crippen LogP) is 3.45. The molecule has 1 heterocycles. The minimum atomic E-state index is -0.292. The fourth-order valence-electron chi connectivity index (χ4n) is 3.99. The van der Waals surface area contributed by atoms with Gasteiger partial charge in [-0.25, -0.2) is 0 Å². The van der Waals surface area contributed by atoms with Gasteiger partial charge in [-0.1, -0.05) is 48.5 Å². The summed E-state index contributed by atoms with van der Waals surface area (Å²) in [6, 6.07) is 17.0. The Kier molecular flexibility index (Phi) is 5.16. The first-order chi connectivity index (χ1) is 11.7. The van der Waals surface area contributed by atoms with Crippen molar-refractivity contribution in [3.63, 3.8) is 0 Å². The first kappa shape index (κ1) is 18.0. The van der Waals surface area contributed by atoms with Gasteiger partial charge in [0.25, 0.3) is 0 Å². The molecule has 1 atom stereocenters. The van der Waals surface area contributed by atoms with Crippen LogP contribution in [0.1, 0.15) is 41.1 Å². The predicted molar refractivity (Wildman–Crippen MR) is 103 cm³/mol. The van der Waals surface area contributed by atoms with E-state index >= 15 is 0 Å². The van der Waals surface area contributed by atoms with Crippen LogP contribution in [0.25, 0.3) is 0 Å². The van der Waals surface area contributed by atoms with Crippen molar-refractivity contribution in [1.29, 1.82) is 0 Å². The van der Waals surface area contributed by atoms with E-state index in [1.165, 1.54) is 22.3 Å². The fourth-order valence-corrected chi connectivity index (χ4v) is 3.99. The molecule has 25 heavy (non-hydrogen) atoms. The molecule has 132 valence electrons. The normalized spacial score (nSPS) is 20.1. The van der Waals surface area contributed by atoms with Gasteiger partial charge in [0.2, 0.25) is 5.91 Å². The molecule has 1 aliphatic carbocycles. The number of carbonyl (C=O) groups is 1. The lowest BCUT2D eigenvalue weighted by molar-refractivity contribution is -0.123. The average molecular weight is 357 g/mol. The van der Waals surface area contributed by atoms with E-state index in [9.17, 15) is 4.79 Å². The summed E-state index contributed by atoms with van der Waals surface area (Å²) in [5.41, 5.74) is 4.84. The zero-order chi connectivity index (χ0) is 16.6. The van der Waals surface area contributed by atoms with Crippen molar-refractivity contribution < 1.29 is 4.79 Å². The van der Waals surface area contributed by atoms with Gasteiger partial charge in [-0.15, -0.1) is 12.4 Å². The van der Waals surface area contributed by atoms with E-state index < -0.39 is 0 Å². The van der Waals surface area contributed by atoms with Gasteiger partial charge in [0.15, 0.2) is 0 Å². The Morgan fingerprint density at radius 3 is 2.64 bits per heavy atom. The minimum Gasteiger partial charge on any atom is -0.353 e. The molecular formula is C21H25ClN2O. The molecule has 0 saturated heterocycles. The lowest BCUT2D eigenvalue weighted by atomic mass is 9.90. The van der Waals surface area contributed by atoms with Crippen LogP contribution in [-0.2, 0) is 16.6 Å². The molecule has 1 unspecified atom stereocenters. The molecule has 1 amide bonds. The van der Waals surface area contributed by atoms with Gasteiger partial charge in [0.05, 0.1) is 5.41 Å². The summed E-state index contributed by atoms with van der Waals surface area (Å²) in [4.78, 5) is 12.9. The molecule has 2 aromatic carbocycles. The van der Waals surface area contributed by atoms with Crippen LogP contribution < -0.4 is 10.6 Å². The molecule has 0 bridgehead atoms.